The Balaban J connectivity index is 3.07. The van der Waals surface area contributed by atoms with Gasteiger partial charge in [-0.1, -0.05) is 0 Å². The Morgan fingerprint density at radius 1 is 1.59 bits per heavy atom. The highest BCUT2D eigenvalue weighted by molar-refractivity contribution is 7.88. The number of rotatable bonds is 3. The van der Waals surface area contributed by atoms with Crippen molar-refractivity contribution in [3.8, 4) is 0 Å². The molecule has 98 valence electrons. The largest absolute Gasteiger partial charge is 0.480 e. The molecule has 1 heterocycles. The Kier molecular flexibility index (Phi) is 4.07. The van der Waals surface area contributed by atoms with E-state index in [9.17, 15) is 18.0 Å². The monoisotopic (exact) mass is 265 g/mol. The van der Waals surface area contributed by atoms with Gasteiger partial charge in [-0.3, -0.25) is 9.59 Å². The summed E-state index contributed by atoms with van der Waals surface area (Å²) in [5, 5.41) is 9.38. The smallest absolute Gasteiger partial charge is 0.324 e. The average molecular weight is 265 g/mol. The van der Waals surface area contributed by atoms with Crippen LogP contribution in [-0.2, 0) is 19.6 Å². The summed E-state index contributed by atoms with van der Waals surface area (Å²) < 4.78 is 23.7. The molecule has 1 atom stereocenters. The number of carbonyl (C=O) groups is 2. The lowest BCUT2D eigenvalue weighted by Crippen LogP contribution is -2.54. The van der Waals surface area contributed by atoms with E-state index >= 15 is 0 Å². The van der Waals surface area contributed by atoms with Gasteiger partial charge in [-0.2, -0.15) is 0 Å². The summed E-state index contributed by atoms with van der Waals surface area (Å²) in [6.07, 6.45) is 1.67. The van der Waals surface area contributed by atoms with Crippen LogP contribution in [0.2, 0.25) is 0 Å². The molecule has 0 saturated carbocycles. The molecule has 0 bridgehead atoms. The molecule has 3 N–H and O–H groups in total. The quantitative estimate of drug-likeness (QED) is 0.621. The minimum absolute atomic E-state index is 0.0611. The van der Waals surface area contributed by atoms with E-state index in [4.69, 9.17) is 10.8 Å². The molecule has 8 nitrogen and oxygen atoms in total. The van der Waals surface area contributed by atoms with E-state index in [1.807, 2.05) is 0 Å². The number of amides is 1. The van der Waals surface area contributed by atoms with Crippen LogP contribution >= 0.6 is 0 Å². The molecule has 17 heavy (non-hydrogen) atoms. The van der Waals surface area contributed by atoms with E-state index in [0.29, 0.717) is 17.9 Å². The van der Waals surface area contributed by atoms with E-state index in [1.54, 1.807) is 0 Å². The third-order valence-corrected chi connectivity index (χ3v) is 3.52. The third kappa shape index (κ3) is 3.38. The maximum Gasteiger partial charge on any atom is 0.324 e. The number of carboxylic acid groups (broad SMARTS) is 1. The number of carbonyl (C=O) groups excluding carboxylic acids is 1. The molecular formula is C8H15N3O5S. The van der Waals surface area contributed by atoms with Gasteiger partial charge >= 0.3 is 5.97 Å². The molecule has 1 amide bonds. The fraction of sp³-hybridized carbons (Fsp3) is 0.750. The van der Waals surface area contributed by atoms with Gasteiger partial charge in [0.15, 0.2) is 0 Å². The summed E-state index contributed by atoms with van der Waals surface area (Å²) in [4.78, 5) is 22.4. The molecular weight excluding hydrogens is 250 g/mol. The summed E-state index contributed by atoms with van der Waals surface area (Å²) >= 11 is 0. The Hall–Kier alpha value is -1.19. The number of nitrogens with zero attached hydrogens (tertiary/aromatic N) is 2. The standard InChI is InChI=1S/C8H15N3O5S/c1-17(15,16)11-4-2-3-6(9)8(14)10(11)5-7(12)13/h6H,2-5,9H2,1H3,(H,12,13). The Labute approximate surface area is 99.0 Å². The second kappa shape index (κ2) is 4.98. The first-order valence-corrected chi connectivity index (χ1v) is 6.84. The van der Waals surface area contributed by atoms with Gasteiger partial charge < -0.3 is 10.8 Å². The first-order chi connectivity index (χ1) is 7.73. The van der Waals surface area contributed by atoms with Crippen LogP contribution < -0.4 is 5.73 Å². The van der Waals surface area contributed by atoms with E-state index in [2.05, 4.69) is 0 Å². The van der Waals surface area contributed by atoms with E-state index in [0.717, 1.165) is 10.7 Å². The van der Waals surface area contributed by atoms with Crippen molar-refractivity contribution in [3.63, 3.8) is 0 Å². The molecule has 0 aromatic rings. The second-order valence-corrected chi connectivity index (χ2v) is 5.73. The highest BCUT2D eigenvalue weighted by Crippen LogP contribution is 2.15. The molecule has 0 spiro atoms. The van der Waals surface area contributed by atoms with Crippen LogP contribution in [0, 0.1) is 0 Å². The van der Waals surface area contributed by atoms with E-state index in [1.165, 1.54) is 0 Å². The molecule has 0 aromatic heterocycles. The van der Waals surface area contributed by atoms with Crippen LogP contribution in [0.3, 0.4) is 0 Å². The molecule has 0 aromatic carbocycles. The summed E-state index contributed by atoms with van der Waals surface area (Å²) in [5.41, 5.74) is 5.54. The van der Waals surface area contributed by atoms with Crippen molar-refractivity contribution in [3.05, 3.63) is 0 Å². The van der Waals surface area contributed by atoms with Crippen molar-refractivity contribution in [2.24, 2.45) is 5.73 Å². The molecule has 9 heteroatoms. The lowest BCUT2D eigenvalue weighted by molar-refractivity contribution is -0.152. The number of carboxylic acids is 1. The summed E-state index contributed by atoms with van der Waals surface area (Å²) in [5.74, 6) is -1.98. The van der Waals surface area contributed by atoms with Gasteiger partial charge in [-0.05, 0) is 12.8 Å². The topological polar surface area (TPSA) is 121 Å². The minimum Gasteiger partial charge on any atom is -0.480 e. The van der Waals surface area contributed by atoms with Gasteiger partial charge in [-0.25, -0.2) is 13.4 Å². The average Bonchev–Trinajstić information content (AvgIpc) is 2.29. The predicted octanol–water partition coefficient (Wildman–Crippen LogP) is -1.80. The fourth-order valence-electron chi connectivity index (χ4n) is 1.62. The zero-order valence-corrected chi connectivity index (χ0v) is 10.2. The number of sulfonamides is 1. The van der Waals surface area contributed by atoms with Gasteiger partial charge in [0.05, 0.1) is 12.3 Å². The lowest BCUT2D eigenvalue weighted by Gasteiger charge is -2.30. The molecule has 1 aliphatic rings. The molecule has 0 aliphatic carbocycles. The van der Waals surface area contributed by atoms with Crippen LogP contribution in [0.25, 0.3) is 0 Å². The second-order valence-electron chi connectivity index (χ2n) is 3.85. The predicted molar refractivity (Wildman–Crippen MR) is 58.1 cm³/mol. The number of hydrogen-bond donors (Lipinski definition) is 2. The van der Waals surface area contributed by atoms with Gasteiger partial charge in [0.1, 0.15) is 6.54 Å². The third-order valence-electron chi connectivity index (χ3n) is 2.37. The van der Waals surface area contributed by atoms with Gasteiger partial charge in [0.2, 0.25) is 10.0 Å². The maximum atomic E-state index is 11.8. The van der Waals surface area contributed by atoms with Crippen molar-refractivity contribution in [2.45, 2.75) is 18.9 Å². The Morgan fingerprint density at radius 2 is 2.18 bits per heavy atom. The minimum atomic E-state index is -3.68. The highest BCUT2D eigenvalue weighted by atomic mass is 32.2. The van der Waals surface area contributed by atoms with Gasteiger partial charge in [0, 0.05) is 6.54 Å². The summed E-state index contributed by atoms with van der Waals surface area (Å²) in [6.45, 7) is -0.648. The number of hydrazine groups is 1. The Bertz CT molecular complexity index is 421. The first kappa shape index (κ1) is 13.9. The van der Waals surface area contributed by atoms with Gasteiger partial charge in [-0.15, -0.1) is 4.41 Å². The number of nitrogens with two attached hydrogens (primary N) is 1. The maximum absolute atomic E-state index is 11.8. The summed E-state index contributed by atoms with van der Waals surface area (Å²) in [7, 11) is -3.68. The fourth-order valence-corrected chi connectivity index (χ4v) is 2.58. The van der Waals surface area contributed by atoms with Crippen molar-refractivity contribution in [1.82, 2.24) is 9.42 Å². The van der Waals surface area contributed by atoms with E-state index < -0.39 is 34.5 Å². The van der Waals surface area contributed by atoms with Crippen molar-refractivity contribution < 1.29 is 23.1 Å². The molecule has 1 unspecified atom stereocenters. The lowest BCUT2D eigenvalue weighted by atomic mass is 10.2. The van der Waals surface area contributed by atoms with Crippen molar-refractivity contribution >= 4 is 21.9 Å². The highest BCUT2D eigenvalue weighted by Gasteiger charge is 2.35. The summed E-state index contributed by atoms with van der Waals surface area (Å²) in [6, 6.07) is -0.860. The number of hydrogen-bond acceptors (Lipinski definition) is 5. The van der Waals surface area contributed by atoms with Crippen LogP contribution in [0.5, 0.6) is 0 Å². The molecule has 1 fully saturated rings. The SMILES string of the molecule is CS(=O)(=O)N1CCCC(N)C(=O)N1CC(=O)O. The van der Waals surface area contributed by atoms with Crippen LogP contribution in [0.1, 0.15) is 12.8 Å². The first-order valence-electron chi connectivity index (χ1n) is 5.00. The molecule has 1 aliphatic heterocycles. The zero-order chi connectivity index (χ0) is 13.2. The molecule has 0 radical (unpaired) electrons. The number of aliphatic carboxylic acids is 1. The Morgan fingerprint density at radius 3 is 2.65 bits per heavy atom. The van der Waals surface area contributed by atoms with Crippen molar-refractivity contribution in [2.75, 3.05) is 19.3 Å². The zero-order valence-electron chi connectivity index (χ0n) is 9.37. The molecule has 1 rings (SSSR count). The van der Waals surface area contributed by atoms with Crippen LogP contribution in [-0.4, -0.2) is 60.2 Å². The van der Waals surface area contributed by atoms with E-state index in [-0.39, 0.29) is 6.54 Å². The van der Waals surface area contributed by atoms with Crippen LogP contribution in [0.4, 0.5) is 0 Å². The van der Waals surface area contributed by atoms with Gasteiger partial charge in [0.25, 0.3) is 5.91 Å². The normalized spacial score (nSPS) is 23.5. The molecule has 1 saturated heterocycles. The van der Waals surface area contributed by atoms with Crippen LogP contribution in [0.15, 0.2) is 0 Å². The van der Waals surface area contributed by atoms with Crippen molar-refractivity contribution in [1.29, 1.82) is 0 Å².